The van der Waals surface area contributed by atoms with E-state index in [0.29, 0.717) is 12.1 Å². The SMILES string of the molecule is CO/N=C1\[C@@H](O[Si](C)(C)C(C)(C)C)[C@@]2(C)O[C@@]13CCO[C@H]1[C@@H]3[C@@H]2C(=O)N1c1ccc(C#N)c(C(F)(F)F)c1. The molecule has 4 heterocycles. The third-order valence-electron chi connectivity index (χ3n) is 9.06. The fourth-order valence-electron chi connectivity index (χ4n) is 6.32. The molecule has 38 heavy (non-hydrogen) atoms. The van der Waals surface area contributed by atoms with E-state index in [2.05, 4.69) is 39.0 Å². The lowest BCUT2D eigenvalue weighted by Gasteiger charge is -2.46. The molecule has 2 bridgehead atoms. The van der Waals surface area contributed by atoms with E-state index in [-0.39, 0.29) is 17.3 Å². The molecular formula is C26H32F3N3O5Si. The van der Waals surface area contributed by atoms with Crippen molar-refractivity contribution in [2.75, 3.05) is 18.6 Å². The summed E-state index contributed by atoms with van der Waals surface area (Å²) < 4.78 is 60.9. The maximum atomic E-state index is 14.1. The topological polar surface area (TPSA) is 93.4 Å². The highest BCUT2D eigenvalue weighted by molar-refractivity contribution is 6.74. The van der Waals surface area contributed by atoms with Gasteiger partial charge < -0.3 is 18.7 Å². The molecular weight excluding hydrogens is 519 g/mol. The van der Waals surface area contributed by atoms with Crippen LogP contribution in [0.3, 0.4) is 0 Å². The van der Waals surface area contributed by atoms with Crippen molar-refractivity contribution in [1.82, 2.24) is 0 Å². The summed E-state index contributed by atoms with van der Waals surface area (Å²) >= 11 is 0. The number of halogens is 3. The second-order valence-electron chi connectivity index (χ2n) is 12.2. The fourth-order valence-corrected chi connectivity index (χ4v) is 7.61. The van der Waals surface area contributed by atoms with Gasteiger partial charge in [0.25, 0.3) is 0 Å². The maximum Gasteiger partial charge on any atom is 0.417 e. The lowest BCUT2D eigenvalue weighted by molar-refractivity contribution is -0.139. The van der Waals surface area contributed by atoms with Crippen LogP contribution in [0.25, 0.3) is 0 Å². The van der Waals surface area contributed by atoms with Crippen LogP contribution in [0, 0.1) is 23.2 Å². The molecule has 4 aliphatic heterocycles. The number of hydrogen-bond donors (Lipinski definition) is 0. The molecule has 0 N–H and O–H groups in total. The largest absolute Gasteiger partial charge is 0.417 e. The molecule has 0 aromatic heterocycles. The summed E-state index contributed by atoms with van der Waals surface area (Å²) in [6.07, 6.45) is -5.89. The molecule has 8 nitrogen and oxygen atoms in total. The van der Waals surface area contributed by atoms with Crippen LogP contribution in [-0.2, 0) is 29.7 Å². The highest BCUT2D eigenvalue weighted by Gasteiger charge is 2.82. The number of nitrogens with zero attached hydrogens (tertiary/aromatic N) is 3. The number of rotatable bonds is 4. The van der Waals surface area contributed by atoms with Crippen molar-refractivity contribution < 1.29 is 36.7 Å². The van der Waals surface area contributed by atoms with Gasteiger partial charge in [0, 0.05) is 12.1 Å². The highest BCUT2D eigenvalue weighted by atomic mass is 28.4. The van der Waals surface area contributed by atoms with Crippen LogP contribution in [-0.4, -0.2) is 57.2 Å². The van der Waals surface area contributed by atoms with E-state index in [1.807, 2.05) is 6.92 Å². The number of fused-ring (bicyclic) bond motifs is 2. The molecule has 4 aliphatic rings. The maximum absolute atomic E-state index is 14.1. The number of amides is 1. The molecule has 12 heteroatoms. The Bertz CT molecular complexity index is 1260. The van der Waals surface area contributed by atoms with Gasteiger partial charge in [0.1, 0.15) is 36.4 Å². The van der Waals surface area contributed by atoms with Gasteiger partial charge in [0.2, 0.25) is 5.91 Å². The molecule has 206 valence electrons. The van der Waals surface area contributed by atoms with E-state index in [9.17, 15) is 23.2 Å². The molecule has 1 aromatic rings. The zero-order valence-electron chi connectivity index (χ0n) is 22.5. The van der Waals surface area contributed by atoms with Gasteiger partial charge in [-0.25, -0.2) is 0 Å². The number of nitriles is 1. The lowest BCUT2D eigenvalue weighted by Crippen LogP contribution is -2.62. The zero-order valence-corrected chi connectivity index (χ0v) is 23.5. The predicted molar refractivity (Wildman–Crippen MR) is 134 cm³/mol. The summed E-state index contributed by atoms with van der Waals surface area (Å²) in [4.78, 5) is 20.7. The molecule has 1 amide bonds. The molecule has 1 aromatic carbocycles. The van der Waals surface area contributed by atoms with Gasteiger partial charge in [-0.2, -0.15) is 18.4 Å². The van der Waals surface area contributed by atoms with Gasteiger partial charge in [-0.15, -0.1) is 0 Å². The second-order valence-corrected chi connectivity index (χ2v) is 16.9. The minimum absolute atomic E-state index is 0.0212. The second kappa shape index (κ2) is 8.27. The minimum Gasteiger partial charge on any atom is -0.405 e. The van der Waals surface area contributed by atoms with E-state index in [1.54, 1.807) is 6.07 Å². The Morgan fingerprint density at radius 1 is 1.26 bits per heavy atom. The van der Waals surface area contributed by atoms with E-state index in [0.717, 1.165) is 12.1 Å². The van der Waals surface area contributed by atoms with Gasteiger partial charge in [0.05, 0.1) is 35.6 Å². The normalized spacial score (nSPS) is 35.6. The van der Waals surface area contributed by atoms with Crippen LogP contribution < -0.4 is 4.90 Å². The first kappa shape index (κ1) is 27.1. The van der Waals surface area contributed by atoms with Crippen LogP contribution in [0.5, 0.6) is 0 Å². The summed E-state index contributed by atoms with van der Waals surface area (Å²) in [5.41, 5.74) is -3.18. The first-order valence-corrected chi connectivity index (χ1v) is 15.5. The van der Waals surface area contributed by atoms with E-state index >= 15 is 0 Å². The molecule has 1 spiro atoms. The summed E-state index contributed by atoms with van der Waals surface area (Å²) in [5, 5.41) is 13.5. The molecule has 4 saturated heterocycles. The van der Waals surface area contributed by atoms with Crippen LogP contribution in [0.4, 0.5) is 18.9 Å². The fraction of sp³-hybridized carbons (Fsp3) is 0.654. The summed E-state index contributed by atoms with van der Waals surface area (Å²) in [6, 6.07) is 4.88. The smallest absolute Gasteiger partial charge is 0.405 e. The number of ether oxygens (including phenoxy) is 2. The average Bonchev–Trinajstić information content (AvgIpc) is 3.35. The van der Waals surface area contributed by atoms with Gasteiger partial charge in [-0.05, 0) is 43.3 Å². The van der Waals surface area contributed by atoms with Gasteiger partial charge in [-0.1, -0.05) is 25.9 Å². The molecule has 6 atom stereocenters. The Balaban J connectivity index is 1.63. The van der Waals surface area contributed by atoms with Crippen molar-refractivity contribution in [3.05, 3.63) is 29.3 Å². The monoisotopic (exact) mass is 551 g/mol. The molecule has 5 rings (SSSR count). The van der Waals surface area contributed by atoms with E-state index in [4.69, 9.17) is 18.7 Å². The van der Waals surface area contributed by atoms with Crippen LogP contribution >= 0.6 is 0 Å². The number of carbonyl (C=O) groups excluding carboxylic acids is 1. The Hall–Kier alpha value is -2.46. The van der Waals surface area contributed by atoms with E-state index < -0.39 is 66.9 Å². The third kappa shape index (κ3) is 3.51. The Kier molecular flexibility index (Phi) is 5.90. The number of alkyl halides is 3. The predicted octanol–water partition coefficient (Wildman–Crippen LogP) is 4.84. The van der Waals surface area contributed by atoms with Crippen molar-refractivity contribution in [1.29, 1.82) is 5.26 Å². The number of carbonyl (C=O) groups is 1. The van der Waals surface area contributed by atoms with Crippen molar-refractivity contribution in [3.8, 4) is 6.07 Å². The van der Waals surface area contributed by atoms with Crippen molar-refractivity contribution in [2.24, 2.45) is 17.0 Å². The van der Waals surface area contributed by atoms with E-state index in [1.165, 1.54) is 18.1 Å². The van der Waals surface area contributed by atoms with Gasteiger partial charge in [-0.3, -0.25) is 9.69 Å². The Morgan fingerprint density at radius 2 is 1.95 bits per heavy atom. The van der Waals surface area contributed by atoms with Crippen molar-refractivity contribution in [3.63, 3.8) is 0 Å². The van der Waals surface area contributed by atoms with Crippen LogP contribution in [0.1, 0.15) is 45.2 Å². The van der Waals surface area contributed by atoms with Gasteiger partial charge in [0.15, 0.2) is 8.32 Å². The standard InChI is InChI=1S/C26H32F3N3O5Si/c1-23(2,3)38(6,7)36-20-19(31-34-5)25-10-11-35-22-18(25)17(24(20,4)37-25)21(33)32(22)15-9-8-14(13-30)16(12-15)26(27,28)29/h8-9,12,17-18,20,22H,10-11H2,1-7H3/b31-19+/t17-,18+,20-,22+,24+,25-/m1/s1. The molecule has 0 saturated carbocycles. The summed E-state index contributed by atoms with van der Waals surface area (Å²) in [6.45, 7) is 12.6. The summed E-state index contributed by atoms with van der Waals surface area (Å²) in [5.74, 6) is -1.65. The third-order valence-corrected chi connectivity index (χ3v) is 13.5. The number of hydrogen-bond acceptors (Lipinski definition) is 7. The molecule has 4 fully saturated rings. The lowest BCUT2D eigenvalue weighted by atomic mass is 9.64. The first-order valence-electron chi connectivity index (χ1n) is 12.6. The van der Waals surface area contributed by atoms with Crippen LogP contribution in [0.2, 0.25) is 18.1 Å². The average molecular weight is 552 g/mol. The number of benzene rings is 1. The molecule has 0 aliphatic carbocycles. The van der Waals surface area contributed by atoms with Crippen molar-refractivity contribution >= 4 is 25.6 Å². The molecule has 0 radical (unpaired) electrons. The van der Waals surface area contributed by atoms with Crippen molar-refractivity contribution in [2.45, 2.75) is 82.0 Å². The minimum atomic E-state index is -4.76. The highest BCUT2D eigenvalue weighted by Crippen LogP contribution is 2.65. The van der Waals surface area contributed by atoms with Crippen LogP contribution in [0.15, 0.2) is 23.4 Å². The number of anilines is 1. The quantitative estimate of drug-likeness (QED) is 0.393. The Morgan fingerprint density at radius 3 is 2.53 bits per heavy atom. The Labute approximate surface area is 220 Å². The zero-order chi connectivity index (χ0) is 28.1. The first-order chi connectivity index (χ1) is 17.5. The molecule has 0 unspecified atom stereocenters. The number of oxime groups is 1. The van der Waals surface area contributed by atoms with Gasteiger partial charge >= 0.3 is 6.18 Å². The summed E-state index contributed by atoms with van der Waals surface area (Å²) in [7, 11) is -0.942.